The van der Waals surface area contributed by atoms with Crippen molar-refractivity contribution in [1.29, 1.82) is 0 Å². The Bertz CT molecular complexity index is 399. The van der Waals surface area contributed by atoms with Gasteiger partial charge in [0.05, 0.1) is 12.5 Å². The number of carbonyl (C=O) groups is 1. The van der Waals surface area contributed by atoms with Gasteiger partial charge in [-0.05, 0) is 31.4 Å². The van der Waals surface area contributed by atoms with E-state index < -0.39 is 0 Å². The van der Waals surface area contributed by atoms with Gasteiger partial charge in [-0.15, -0.1) is 0 Å². The lowest BCUT2D eigenvalue weighted by Gasteiger charge is -2.18. The summed E-state index contributed by atoms with van der Waals surface area (Å²) < 4.78 is 0. The van der Waals surface area contributed by atoms with Crippen molar-refractivity contribution in [2.75, 3.05) is 11.9 Å². The third kappa shape index (κ3) is 3.56. The normalized spacial score (nSPS) is 12.6. The van der Waals surface area contributed by atoms with E-state index in [1.54, 1.807) is 0 Å². The first-order valence-electron chi connectivity index (χ1n) is 5.94. The van der Waals surface area contributed by atoms with Crippen LogP contribution in [0.25, 0.3) is 0 Å². The van der Waals surface area contributed by atoms with Gasteiger partial charge >= 0.3 is 0 Å². The second-order valence-electron chi connectivity index (χ2n) is 4.84. The number of aliphatic hydroxyl groups is 1. The van der Waals surface area contributed by atoms with Gasteiger partial charge in [-0.25, -0.2) is 0 Å². The van der Waals surface area contributed by atoms with Gasteiger partial charge in [-0.2, -0.15) is 0 Å². The van der Waals surface area contributed by atoms with Crippen LogP contribution in [-0.2, 0) is 4.79 Å². The average molecular weight is 235 g/mol. The molecule has 1 aromatic rings. The molecule has 0 aromatic heterocycles. The molecule has 0 radical (unpaired) electrons. The third-order valence-corrected chi connectivity index (χ3v) is 2.98. The minimum atomic E-state index is -0.351. The van der Waals surface area contributed by atoms with Crippen LogP contribution in [0.5, 0.6) is 0 Å². The topological polar surface area (TPSA) is 49.3 Å². The van der Waals surface area contributed by atoms with E-state index in [1.165, 1.54) is 5.56 Å². The van der Waals surface area contributed by atoms with E-state index in [0.29, 0.717) is 0 Å². The molecule has 0 saturated carbocycles. The largest absolute Gasteiger partial charge is 0.396 e. The lowest BCUT2D eigenvalue weighted by molar-refractivity contribution is -0.122. The van der Waals surface area contributed by atoms with Crippen LogP contribution in [0.2, 0.25) is 0 Å². The fourth-order valence-electron chi connectivity index (χ4n) is 1.78. The number of benzene rings is 1. The maximum absolute atomic E-state index is 12.0. The molecule has 1 rings (SSSR count). The van der Waals surface area contributed by atoms with Gasteiger partial charge in [-0.1, -0.05) is 31.5 Å². The summed E-state index contributed by atoms with van der Waals surface area (Å²) in [5.74, 6) is -0.337. The monoisotopic (exact) mass is 235 g/mol. The van der Waals surface area contributed by atoms with Gasteiger partial charge in [0.15, 0.2) is 0 Å². The quantitative estimate of drug-likeness (QED) is 0.842. The van der Waals surface area contributed by atoms with Gasteiger partial charge in [0.1, 0.15) is 0 Å². The van der Waals surface area contributed by atoms with Gasteiger partial charge in [0, 0.05) is 5.69 Å². The lowest BCUT2D eigenvalue weighted by Crippen LogP contribution is -2.30. The molecule has 0 aliphatic rings. The molecule has 0 fully saturated rings. The van der Waals surface area contributed by atoms with Crippen molar-refractivity contribution in [3.8, 4) is 0 Å². The highest BCUT2D eigenvalue weighted by atomic mass is 16.3. The first-order chi connectivity index (χ1) is 7.95. The first-order valence-corrected chi connectivity index (χ1v) is 5.94. The van der Waals surface area contributed by atoms with Crippen LogP contribution in [0.15, 0.2) is 18.2 Å². The van der Waals surface area contributed by atoms with E-state index in [1.807, 2.05) is 45.9 Å². The summed E-state index contributed by atoms with van der Waals surface area (Å²) in [5.41, 5.74) is 3.03. The summed E-state index contributed by atoms with van der Waals surface area (Å²) >= 11 is 0. The summed E-state index contributed by atoms with van der Waals surface area (Å²) in [6.07, 6.45) is 0. The maximum Gasteiger partial charge on any atom is 0.230 e. The van der Waals surface area contributed by atoms with E-state index in [9.17, 15) is 9.90 Å². The number of amides is 1. The SMILES string of the molecule is Cc1ccc(NC(=O)C(CO)C(C)C)c(C)c1. The fraction of sp³-hybridized carbons (Fsp3) is 0.500. The second-order valence-corrected chi connectivity index (χ2v) is 4.84. The van der Waals surface area contributed by atoms with Gasteiger partial charge < -0.3 is 10.4 Å². The van der Waals surface area contributed by atoms with Crippen molar-refractivity contribution in [3.63, 3.8) is 0 Å². The Morgan fingerprint density at radius 3 is 2.47 bits per heavy atom. The molecule has 94 valence electrons. The minimum Gasteiger partial charge on any atom is -0.396 e. The molecule has 3 heteroatoms. The van der Waals surface area contributed by atoms with E-state index >= 15 is 0 Å². The number of anilines is 1. The molecular weight excluding hydrogens is 214 g/mol. The van der Waals surface area contributed by atoms with Crippen molar-refractivity contribution >= 4 is 11.6 Å². The van der Waals surface area contributed by atoms with Crippen LogP contribution in [0.4, 0.5) is 5.69 Å². The van der Waals surface area contributed by atoms with Gasteiger partial charge in [-0.3, -0.25) is 4.79 Å². The smallest absolute Gasteiger partial charge is 0.230 e. The number of carbonyl (C=O) groups excluding carboxylic acids is 1. The molecule has 1 atom stereocenters. The van der Waals surface area contributed by atoms with Crippen LogP contribution < -0.4 is 5.32 Å². The van der Waals surface area contributed by atoms with E-state index in [2.05, 4.69) is 5.32 Å². The highest BCUT2D eigenvalue weighted by Crippen LogP contribution is 2.19. The predicted molar refractivity (Wildman–Crippen MR) is 70.0 cm³/mol. The summed E-state index contributed by atoms with van der Waals surface area (Å²) in [7, 11) is 0. The molecular formula is C14H21NO2. The molecule has 3 nitrogen and oxygen atoms in total. The first kappa shape index (κ1) is 13.7. The van der Waals surface area contributed by atoms with Crippen molar-refractivity contribution < 1.29 is 9.90 Å². The van der Waals surface area contributed by atoms with Crippen molar-refractivity contribution in [2.24, 2.45) is 11.8 Å². The highest BCUT2D eigenvalue weighted by molar-refractivity contribution is 5.93. The molecule has 0 heterocycles. The molecule has 0 saturated heterocycles. The number of aryl methyl sites for hydroxylation is 2. The van der Waals surface area contributed by atoms with Gasteiger partial charge in [0.25, 0.3) is 0 Å². The maximum atomic E-state index is 12.0. The van der Waals surface area contributed by atoms with Crippen LogP contribution in [-0.4, -0.2) is 17.6 Å². The van der Waals surface area contributed by atoms with Crippen LogP contribution in [0, 0.1) is 25.7 Å². The Labute approximate surface area is 103 Å². The second kappa shape index (κ2) is 5.82. The number of hydrogen-bond acceptors (Lipinski definition) is 2. The molecule has 1 aromatic carbocycles. The standard InChI is InChI=1S/C14H21NO2/c1-9(2)12(8-16)14(17)15-13-6-5-10(3)7-11(13)4/h5-7,9,12,16H,8H2,1-4H3,(H,15,17). The van der Waals surface area contributed by atoms with E-state index in [4.69, 9.17) is 0 Å². The zero-order valence-corrected chi connectivity index (χ0v) is 10.9. The summed E-state index contributed by atoms with van der Waals surface area (Å²) in [5, 5.41) is 12.1. The van der Waals surface area contributed by atoms with E-state index in [0.717, 1.165) is 11.3 Å². The summed E-state index contributed by atoms with van der Waals surface area (Å²) in [6, 6.07) is 5.89. The summed E-state index contributed by atoms with van der Waals surface area (Å²) in [6.45, 7) is 7.73. The zero-order valence-electron chi connectivity index (χ0n) is 10.9. The van der Waals surface area contributed by atoms with Crippen molar-refractivity contribution in [3.05, 3.63) is 29.3 Å². The molecule has 0 aliphatic carbocycles. The Morgan fingerprint density at radius 2 is 2.00 bits per heavy atom. The predicted octanol–water partition coefficient (Wildman–Crippen LogP) is 2.51. The molecule has 0 aliphatic heterocycles. The molecule has 2 N–H and O–H groups in total. The molecule has 17 heavy (non-hydrogen) atoms. The third-order valence-electron chi connectivity index (χ3n) is 2.98. The van der Waals surface area contributed by atoms with Crippen LogP contribution >= 0.6 is 0 Å². The van der Waals surface area contributed by atoms with Gasteiger partial charge in [0.2, 0.25) is 5.91 Å². The van der Waals surface area contributed by atoms with Crippen molar-refractivity contribution in [1.82, 2.24) is 0 Å². The Balaban J connectivity index is 2.80. The fourth-order valence-corrected chi connectivity index (χ4v) is 1.78. The Kier molecular flexibility index (Phi) is 4.70. The average Bonchev–Trinajstić information content (AvgIpc) is 2.22. The molecule has 0 spiro atoms. The molecule has 1 unspecified atom stereocenters. The number of hydrogen-bond donors (Lipinski definition) is 2. The number of rotatable bonds is 4. The minimum absolute atomic E-state index is 0.116. The highest BCUT2D eigenvalue weighted by Gasteiger charge is 2.21. The lowest BCUT2D eigenvalue weighted by atomic mass is 9.95. The Morgan fingerprint density at radius 1 is 1.35 bits per heavy atom. The molecule has 1 amide bonds. The van der Waals surface area contributed by atoms with Crippen LogP contribution in [0.1, 0.15) is 25.0 Å². The summed E-state index contributed by atoms with van der Waals surface area (Å²) in [4.78, 5) is 12.0. The Hall–Kier alpha value is -1.35. The number of aliphatic hydroxyl groups excluding tert-OH is 1. The van der Waals surface area contributed by atoms with Crippen LogP contribution in [0.3, 0.4) is 0 Å². The molecule has 0 bridgehead atoms. The number of nitrogens with one attached hydrogen (secondary N) is 1. The van der Waals surface area contributed by atoms with Crippen molar-refractivity contribution in [2.45, 2.75) is 27.7 Å². The zero-order chi connectivity index (χ0) is 13.0. The van der Waals surface area contributed by atoms with E-state index in [-0.39, 0.29) is 24.3 Å².